The molecule has 0 spiro atoms. The number of nitrogens with one attached hydrogen (secondary N) is 3. The monoisotopic (exact) mass is 348 g/mol. The lowest BCUT2D eigenvalue weighted by atomic mass is 10.1. The Morgan fingerprint density at radius 3 is 2.60 bits per heavy atom. The normalized spacial score (nSPS) is 15.6. The van der Waals surface area contributed by atoms with Crippen LogP contribution in [0, 0.1) is 10.1 Å². The first-order valence-corrected chi connectivity index (χ1v) is 8.85. The minimum absolute atomic E-state index is 0.0894. The lowest BCUT2D eigenvalue weighted by Crippen LogP contribution is -2.43. The maximum atomic E-state index is 11.0. The molecule has 1 aliphatic heterocycles. The number of hydrogen-bond acceptors (Lipinski definition) is 5. The molecule has 0 aromatic heterocycles. The van der Waals surface area contributed by atoms with E-state index in [-0.39, 0.29) is 10.6 Å². The third-order valence-electron chi connectivity index (χ3n) is 4.23. The summed E-state index contributed by atoms with van der Waals surface area (Å²) in [6, 6.07) is 6.65. The summed E-state index contributed by atoms with van der Waals surface area (Å²) in [5.41, 5.74) is 0.619. The van der Waals surface area contributed by atoms with Gasteiger partial charge in [0.15, 0.2) is 5.96 Å². The van der Waals surface area contributed by atoms with E-state index in [0.29, 0.717) is 18.8 Å². The molecule has 138 valence electrons. The Bertz CT molecular complexity index is 572. The first kappa shape index (κ1) is 19.0. The van der Waals surface area contributed by atoms with Gasteiger partial charge in [-0.2, -0.15) is 0 Å². The quantitative estimate of drug-likeness (QED) is 0.217. The zero-order valence-corrected chi connectivity index (χ0v) is 14.8. The van der Waals surface area contributed by atoms with Gasteiger partial charge in [0.1, 0.15) is 5.69 Å². The number of nitrogens with zero attached hydrogens (tertiary/aromatic N) is 3. The molecule has 3 N–H and O–H groups in total. The van der Waals surface area contributed by atoms with Crippen molar-refractivity contribution in [2.75, 3.05) is 51.6 Å². The fourth-order valence-electron chi connectivity index (χ4n) is 2.90. The van der Waals surface area contributed by atoms with Crippen LogP contribution in [0.25, 0.3) is 0 Å². The summed E-state index contributed by atoms with van der Waals surface area (Å²) in [6.45, 7) is 5.44. The van der Waals surface area contributed by atoms with Gasteiger partial charge in [-0.3, -0.25) is 15.1 Å². The van der Waals surface area contributed by atoms with E-state index in [1.165, 1.54) is 38.4 Å². The molecule has 8 nitrogen and oxygen atoms in total. The zero-order chi connectivity index (χ0) is 17.9. The van der Waals surface area contributed by atoms with E-state index in [1.807, 2.05) is 0 Å². The summed E-state index contributed by atoms with van der Waals surface area (Å²) < 4.78 is 0. The van der Waals surface area contributed by atoms with Gasteiger partial charge in [0, 0.05) is 39.3 Å². The summed E-state index contributed by atoms with van der Waals surface area (Å²) in [5.74, 6) is 0.751. The first-order valence-electron chi connectivity index (χ1n) is 8.85. The number of aliphatic imine (C=N–C) groups is 1. The van der Waals surface area contributed by atoms with E-state index >= 15 is 0 Å². The number of likely N-dealkylation sites (tertiary alicyclic amines) is 1. The Morgan fingerprint density at radius 1 is 1.16 bits per heavy atom. The van der Waals surface area contributed by atoms with Crippen molar-refractivity contribution in [2.24, 2.45) is 4.99 Å². The lowest BCUT2D eigenvalue weighted by molar-refractivity contribution is -0.384. The van der Waals surface area contributed by atoms with Crippen molar-refractivity contribution >= 4 is 17.3 Å². The molecule has 0 amide bonds. The number of rotatable bonds is 8. The van der Waals surface area contributed by atoms with Crippen LogP contribution in [0.3, 0.4) is 0 Å². The fraction of sp³-hybridized carbons (Fsp3) is 0.588. The van der Waals surface area contributed by atoms with Gasteiger partial charge >= 0.3 is 0 Å². The van der Waals surface area contributed by atoms with Gasteiger partial charge in [0.05, 0.1) is 4.92 Å². The molecule has 0 aliphatic carbocycles. The van der Waals surface area contributed by atoms with E-state index in [9.17, 15) is 10.1 Å². The maximum absolute atomic E-state index is 11.0. The largest absolute Gasteiger partial charge is 0.378 e. The van der Waals surface area contributed by atoms with E-state index in [0.717, 1.165) is 19.0 Å². The zero-order valence-electron chi connectivity index (χ0n) is 14.8. The van der Waals surface area contributed by atoms with E-state index in [2.05, 4.69) is 25.8 Å². The van der Waals surface area contributed by atoms with Crippen molar-refractivity contribution in [3.8, 4) is 0 Å². The topological polar surface area (TPSA) is 94.8 Å². The van der Waals surface area contributed by atoms with Crippen LogP contribution < -0.4 is 16.0 Å². The maximum Gasteiger partial charge on any atom is 0.292 e. The van der Waals surface area contributed by atoms with Gasteiger partial charge in [-0.05, 0) is 32.0 Å². The highest BCUT2D eigenvalue weighted by Gasteiger charge is 2.11. The predicted octanol–water partition coefficient (Wildman–Crippen LogP) is 1.66. The number of nitro benzene ring substituents is 1. The summed E-state index contributed by atoms with van der Waals surface area (Å²) in [7, 11) is 1.74. The Hall–Kier alpha value is -2.35. The minimum atomic E-state index is -0.378. The molecule has 1 aromatic rings. The molecule has 0 saturated carbocycles. The van der Waals surface area contributed by atoms with Crippen molar-refractivity contribution in [3.05, 3.63) is 34.4 Å². The molecule has 0 radical (unpaired) electrons. The molecule has 1 aliphatic rings. The summed E-state index contributed by atoms with van der Waals surface area (Å²) in [4.78, 5) is 17.3. The molecule has 1 aromatic carbocycles. The molecule has 25 heavy (non-hydrogen) atoms. The lowest BCUT2D eigenvalue weighted by Gasteiger charge is -2.26. The predicted molar refractivity (Wildman–Crippen MR) is 101 cm³/mol. The second-order valence-electron chi connectivity index (χ2n) is 6.03. The average molecular weight is 348 g/mol. The Balaban J connectivity index is 1.65. The van der Waals surface area contributed by atoms with Crippen LogP contribution in [-0.4, -0.2) is 62.1 Å². The van der Waals surface area contributed by atoms with Gasteiger partial charge in [0.25, 0.3) is 5.69 Å². The van der Waals surface area contributed by atoms with E-state index in [1.54, 1.807) is 25.2 Å². The number of piperidine rings is 1. The van der Waals surface area contributed by atoms with E-state index in [4.69, 9.17) is 0 Å². The molecule has 0 bridgehead atoms. The van der Waals surface area contributed by atoms with Crippen molar-refractivity contribution in [3.63, 3.8) is 0 Å². The highest BCUT2D eigenvalue weighted by atomic mass is 16.6. The summed E-state index contributed by atoms with van der Waals surface area (Å²) >= 11 is 0. The highest BCUT2D eigenvalue weighted by molar-refractivity contribution is 5.79. The molecular weight excluding hydrogens is 320 g/mol. The third-order valence-corrected chi connectivity index (χ3v) is 4.23. The first-order chi connectivity index (χ1) is 12.2. The number of benzene rings is 1. The number of hydrogen-bond donors (Lipinski definition) is 3. The average Bonchev–Trinajstić information content (AvgIpc) is 2.64. The van der Waals surface area contributed by atoms with Crippen LogP contribution in [0.1, 0.15) is 19.3 Å². The van der Waals surface area contributed by atoms with Crippen molar-refractivity contribution in [1.29, 1.82) is 0 Å². The van der Waals surface area contributed by atoms with Gasteiger partial charge in [-0.1, -0.05) is 18.6 Å². The van der Waals surface area contributed by atoms with Gasteiger partial charge in [-0.25, -0.2) is 0 Å². The fourth-order valence-corrected chi connectivity index (χ4v) is 2.90. The SMILES string of the molecule is CN=C(NCCNc1ccccc1[N+](=O)[O-])NCCN1CCCCC1. The van der Waals surface area contributed by atoms with E-state index < -0.39 is 0 Å². The molecule has 0 unspecified atom stereocenters. The number of guanidine groups is 1. The standard InChI is InChI=1S/C17H28N6O2/c1-18-17(21-11-14-22-12-5-2-6-13-22)20-10-9-19-15-7-3-4-8-16(15)23(24)25/h3-4,7-8,19H,2,5-6,9-14H2,1H3,(H2,18,20,21). The smallest absolute Gasteiger partial charge is 0.292 e. The molecule has 2 rings (SSSR count). The van der Waals surface area contributed by atoms with Crippen LogP contribution in [-0.2, 0) is 0 Å². The van der Waals surface area contributed by atoms with Crippen LogP contribution in [0.2, 0.25) is 0 Å². The van der Waals surface area contributed by atoms with Crippen LogP contribution in [0.4, 0.5) is 11.4 Å². The van der Waals surface area contributed by atoms with Crippen molar-refractivity contribution in [2.45, 2.75) is 19.3 Å². The van der Waals surface area contributed by atoms with Gasteiger partial charge < -0.3 is 20.9 Å². The molecule has 1 heterocycles. The van der Waals surface area contributed by atoms with Gasteiger partial charge in [0.2, 0.25) is 0 Å². The third kappa shape index (κ3) is 6.58. The number of nitro groups is 1. The number of anilines is 1. The number of para-hydroxylation sites is 2. The minimum Gasteiger partial charge on any atom is -0.378 e. The summed E-state index contributed by atoms with van der Waals surface area (Å²) in [6.07, 6.45) is 3.94. The highest BCUT2D eigenvalue weighted by Crippen LogP contribution is 2.22. The molecular formula is C17H28N6O2. The Kier molecular flexibility index (Phi) is 7.97. The summed E-state index contributed by atoms with van der Waals surface area (Å²) in [5, 5.41) is 20.6. The van der Waals surface area contributed by atoms with Gasteiger partial charge in [-0.15, -0.1) is 0 Å². The van der Waals surface area contributed by atoms with Crippen molar-refractivity contribution < 1.29 is 4.92 Å². The molecule has 8 heteroatoms. The van der Waals surface area contributed by atoms with Crippen LogP contribution in [0.5, 0.6) is 0 Å². The van der Waals surface area contributed by atoms with Crippen molar-refractivity contribution in [1.82, 2.24) is 15.5 Å². The van der Waals surface area contributed by atoms with Crippen LogP contribution in [0.15, 0.2) is 29.3 Å². The second kappa shape index (κ2) is 10.5. The van der Waals surface area contributed by atoms with Crippen LogP contribution >= 0.6 is 0 Å². The Labute approximate surface area is 148 Å². The molecule has 1 fully saturated rings. The Morgan fingerprint density at radius 2 is 1.88 bits per heavy atom. The molecule has 1 saturated heterocycles. The second-order valence-corrected chi connectivity index (χ2v) is 6.03. The molecule has 0 atom stereocenters.